The Kier molecular flexibility index (Phi) is 2.47. The number of anilines is 1. The first-order chi connectivity index (χ1) is 10.7. The van der Waals surface area contributed by atoms with E-state index < -0.39 is 0 Å². The Hall–Kier alpha value is -1.91. The third-order valence-corrected chi connectivity index (χ3v) is 6.07. The first-order valence-corrected chi connectivity index (χ1v) is 8.31. The van der Waals surface area contributed by atoms with Crippen molar-refractivity contribution in [3.05, 3.63) is 18.5 Å². The van der Waals surface area contributed by atoms with Gasteiger partial charge in [-0.1, -0.05) is 0 Å². The fraction of sp³-hybridized carbons (Fsp3) is 0.588. The summed E-state index contributed by atoms with van der Waals surface area (Å²) in [6, 6.07) is 1.95. The van der Waals surface area contributed by atoms with E-state index >= 15 is 0 Å². The molecular weight excluding hydrogens is 276 g/mol. The maximum absolute atomic E-state index is 13.0. The number of rotatable bonds is 2. The largest absolute Gasteiger partial charge is 0.324 e. The standard InChI is InChI=1S/C17H20N4O/c22-16(20-14-4-13-8-19-21-15(13)18-9-14)17-5-10-1-11(6-17)3-12(2-10)7-17/h4,8-12H,1-3,5-7H2,(H,20,22)(H,18,19,21). The molecule has 4 saturated carbocycles. The number of pyridine rings is 1. The van der Waals surface area contributed by atoms with Crippen LogP contribution in [0.15, 0.2) is 18.5 Å². The van der Waals surface area contributed by atoms with Crippen LogP contribution in [0.5, 0.6) is 0 Å². The number of fused-ring (bicyclic) bond motifs is 1. The Morgan fingerprint density at radius 2 is 1.82 bits per heavy atom. The predicted octanol–water partition coefficient (Wildman–Crippen LogP) is 3.11. The summed E-state index contributed by atoms with van der Waals surface area (Å²) in [5.74, 6) is 2.57. The Bertz CT molecular complexity index is 715. The van der Waals surface area contributed by atoms with E-state index in [2.05, 4.69) is 20.5 Å². The topological polar surface area (TPSA) is 70.7 Å². The lowest BCUT2D eigenvalue weighted by Crippen LogP contribution is -2.51. The van der Waals surface area contributed by atoms with Crippen LogP contribution in [0, 0.1) is 23.2 Å². The van der Waals surface area contributed by atoms with Gasteiger partial charge in [0, 0.05) is 5.39 Å². The molecule has 0 aliphatic heterocycles. The van der Waals surface area contributed by atoms with Crippen molar-refractivity contribution >= 4 is 22.6 Å². The summed E-state index contributed by atoms with van der Waals surface area (Å²) in [7, 11) is 0. The van der Waals surface area contributed by atoms with Crippen molar-refractivity contribution in [1.29, 1.82) is 0 Å². The van der Waals surface area contributed by atoms with Crippen molar-refractivity contribution in [1.82, 2.24) is 15.2 Å². The van der Waals surface area contributed by atoms with Gasteiger partial charge in [0.25, 0.3) is 0 Å². The second kappa shape index (κ2) is 4.31. The molecule has 2 aromatic heterocycles. The van der Waals surface area contributed by atoms with E-state index in [0.717, 1.165) is 53.7 Å². The van der Waals surface area contributed by atoms with Crippen LogP contribution in [0.25, 0.3) is 11.0 Å². The molecular formula is C17H20N4O. The van der Waals surface area contributed by atoms with Gasteiger partial charge in [-0.3, -0.25) is 9.89 Å². The number of nitrogens with zero attached hydrogens (tertiary/aromatic N) is 2. The molecule has 0 aromatic carbocycles. The third-order valence-electron chi connectivity index (χ3n) is 6.07. The van der Waals surface area contributed by atoms with Crippen LogP contribution in [0.4, 0.5) is 5.69 Å². The minimum Gasteiger partial charge on any atom is -0.324 e. The summed E-state index contributed by atoms with van der Waals surface area (Å²) in [5.41, 5.74) is 1.43. The Labute approximate surface area is 128 Å². The minimum absolute atomic E-state index is 0.111. The Morgan fingerprint density at radius 1 is 1.14 bits per heavy atom. The van der Waals surface area contributed by atoms with Gasteiger partial charge in [0.2, 0.25) is 5.91 Å². The Morgan fingerprint density at radius 3 is 2.50 bits per heavy atom. The first kappa shape index (κ1) is 12.6. The summed E-state index contributed by atoms with van der Waals surface area (Å²) >= 11 is 0. The van der Waals surface area contributed by atoms with Crippen LogP contribution in [-0.2, 0) is 4.79 Å². The first-order valence-electron chi connectivity index (χ1n) is 8.31. The zero-order valence-electron chi connectivity index (χ0n) is 12.5. The highest BCUT2D eigenvalue weighted by Crippen LogP contribution is 2.60. The van der Waals surface area contributed by atoms with Gasteiger partial charge in [-0.05, 0) is 62.3 Å². The summed E-state index contributed by atoms with van der Waals surface area (Å²) in [4.78, 5) is 17.3. The van der Waals surface area contributed by atoms with Crippen LogP contribution >= 0.6 is 0 Å². The second-order valence-corrected chi connectivity index (χ2v) is 7.68. The van der Waals surface area contributed by atoms with E-state index in [1.165, 1.54) is 19.3 Å². The molecule has 4 aliphatic carbocycles. The number of hydrogen-bond acceptors (Lipinski definition) is 3. The van der Waals surface area contributed by atoms with E-state index in [-0.39, 0.29) is 11.3 Å². The molecule has 0 radical (unpaired) electrons. The molecule has 0 unspecified atom stereocenters. The Balaban J connectivity index is 1.42. The highest BCUT2D eigenvalue weighted by molar-refractivity contribution is 5.96. The molecule has 22 heavy (non-hydrogen) atoms. The average molecular weight is 296 g/mol. The van der Waals surface area contributed by atoms with E-state index in [1.54, 1.807) is 12.4 Å². The van der Waals surface area contributed by atoms with Crippen molar-refractivity contribution in [2.24, 2.45) is 23.2 Å². The molecule has 6 rings (SSSR count). The van der Waals surface area contributed by atoms with Gasteiger partial charge in [-0.15, -0.1) is 0 Å². The smallest absolute Gasteiger partial charge is 0.230 e. The molecule has 0 spiro atoms. The van der Waals surface area contributed by atoms with Crippen molar-refractivity contribution in [2.45, 2.75) is 38.5 Å². The molecule has 0 saturated heterocycles. The van der Waals surface area contributed by atoms with Gasteiger partial charge in [-0.2, -0.15) is 5.10 Å². The van der Waals surface area contributed by atoms with Gasteiger partial charge in [0.1, 0.15) is 0 Å². The van der Waals surface area contributed by atoms with Gasteiger partial charge < -0.3 is 5.32 Å². The number of carbonyl (C=O) groups excluding carboxylic acids is 1. The van der Waals surface area contributed by atoms with Gasteiger partial charge in [-0.25, -0.2) is 4.98 Å². The lowest BCUT2D eigenvalue weighted by atomic mass is 9.49. The van der Waals surface area contributed by atoms with Crippen molar-refractivity contribution in [3.8, 4) is 0 Å². The van der Waals surface area contributed by atoms with Crippen LogP contribution in [0.2, 0.25) is 0 Å². The van der Waals surface area contributed by atoms with Gasteiger partial charge >= 0.3 is 0 Å². The lowest BCUT2D eigenvalue weighted by molar-refractivity contribution is -0.140. The molecule has 5 nitrogen and oxygen atoms in total. The SMILES string of the molecule is O=C(Nc1cnc2[nH]ncc2c1)C12CC3CC(CC(C3)C1)C2. The lowest BCUT2D eigenvalue weighted by Gasteiger charge is -2.55. The second-order valence-electron chi connectivity index (χ2n) is 7.68. The molecule has 0 atom stereocenters. The van der Waals surface area contributed by atoms with E-state index in [0.29, 0.717) is 0 Å². The number of H-pyrrole nitrogens is 1. The molecule has 2 aromatic rings. The molecule has 2 heterocycles. The summed E-state index contributed by atoms with van der Waals surface area (Å²) in [5, 5.41) is 10.9. The molecule has 4 fully saturated rings. The zero-order chi connectivity index (χ0) is 14.7. The monoisotopic (exact) mass is 296 g/mol. The maximum atomic E-state index is 13.0. The van der Waals surface area contributed by atoms with Crippen LogP contribution in [0.3, 0.4) is 0 Å². The highest BCUT2D eigenvalue weighted by Gasteiger charge is 2.54. The van der Waals surface area contributed by atoms with Crippen LogP contribution < -0.4 is 5.32 Å². The third kappa shape index (κ3) is 1.81. The normalized spacial score (nSPS) is 35.9. The average Bonchev–Trinajstić information content (AvgIpc) is 2.93. The highest BCUT2D eigenvalue weighted by atomic mass is 16.2. The number of aromatic amines is 1. The molecule has 5 heteroatoms. The summed E-state index contributed by atoms with van der Waals surface area (Å²) in [6.07, 6.45) is 10.8. The fourth-order valence-corrected chi connectivity index (χ4v) is 5.56. The van der Waals surface area contributed by atoms with Crippen molar-refractivity contribution in [2.75, 3.05) is 5.32 Å². The summed E-state index contributed by atoms with van der Waals surface area (Å²) in [6.45, 7) is 0. The maximum Gasteiger partial charge on any atom is 0.230 e. The molecule has 4 bridgehead atoms. The van der Waals surface area contributed by atoms with Gasteiger partial charge in [0.05, 0.1) is 23.5 Å². The van der Waals surface area contributed by atoms with Gasteiger partial charge in [0.15, 0.2) is 5.65 Å². The molecule has 2 N–H and O–H groups in total. The number of hydrogen-bond donors (Lipinski definition) is 2. The minimum atomic E-state index is -0.111. The number of amides is 1. The number of carbonyl (C=O) groups is 1. The van der Waals surface area contributed by atoms with Crippen molar-refractivity contribution < 1.29 is 4.79 Å². The molecule has 4 aliphatic rings. The quantitative estimate of drug-likeness (QED) is 0.894. The summed E-state index contributed by atoms with van der Waals surface area (Å²) < 4.78 is 0. The zero-order valence-corrected chi connectivity index (χ0v) is 12.5. The number of nitrogens with one attached hydrogen (secondary N) is 2. The molecule has 1 amide bonds. The fourth-order valence-electron chi connectivity index (χ4n) is 5.56. The van der Waals surface area contributed by atoms with E-state index in [1.807, 2.05) is 6.07 Å². The van der Waals surface area contributed by atoms with Crippen LogP contribution in [-0.4, -0.2) is 21.1 Å². The van der Waals surface area contributed by atoms with E-state index in [4.69, 9.17) is 0 Å². The predicted molar refractivity (Wildman–Crippen MR) is 83.1 cm³/mol. The van der Waals surface area contributed by atoms with E-state index in [9.17, 15) is 4.79 Å². The molecule has 114 valence electrons. The van der Waals surface area contributed by atoms with Crippen molar-refractivity contribution in [3.63, 3.8) is 0 Å². The number of aromatic nitrogens is 3. The van der Waals surface area contributed by atoms with Crippen LogP contribution in [0.1, 0.15) is 38.5 Å².